The third-order valence-electron chi connectivity index (χ3n) is 0.418. The Hall–Kier alpha value is -1.28. The molecule has 0 aliphatic rings. The molecule has 0 fully saturated rings. The summed E-state index contributed by atoms with van der Waals surface area (Å²) in [6.07, 6.45) is -1.34. The predicted octanol–water partition coefficient (Wildman–Crippen LogP) is 0.769. The molecule has 0 aromatic heterocycles. The molecular formula is C5H9NO4. The van der Waals surface area contributed by atoms with Crippen molar-refractivity contribution in [3.05, 3.63) is 0 Å². The SMILES string of the molecule is COCCC#N.O=C(O)O. The van der Waals surface area contributed by atoms with Crippen molar-refractivity contribution in [3.8, 4) is 6.07 Å². The Labute approximate surface area is 58.5 Å². The highest BCUT2D eigenvalue weighted by Gasteiger charge is 1.73. The molecule has 0 aliphatic carbocycles. The van der Waals surface area contributed by atoms with E-state index in [4.69, 9.17) is 20.3 Å². The van der Waals surface area contributed by atoms with Crippen LogP contribution in [0.1, 0.15) is 6.42 Å². The number of rotatable bonds is 2. The molecule has 0 aromatic carbocycles. The summed E-state index contributed by atoms with van der Waals surface area (Å²) < 4.78 is 4.56. The summed E-state index contributed by atoms with van der Waals surface area (Å²) >= 11 is 0. The zero-order chi connectivity index (χ0) is 8.41. The van der Waals surface area contributed by atoms with Crippen molar-refractivity contribution in [2.45, 2.75) is 6.42 Å². The topological polar surface area (TPSA) is 90.5 Å². The first kappa shape index (κ1) is 11.5. The van der Waals surface area contributed by atoms with Crippen molar-refractivity contribution in [2.24, 2.45) is 0 Å². The lowest BCUT2D eigenvalue weighted by Crippen LogP contribution is -1.82. The highest BCUT2D eigenvalue weighted by atomic mass is 16.6. The van der Waals surface area contributed by atoms with Gasteiger partial charge in [-0.05, 0) is 0 Å². The van der Waals surface area contributed by atoms with E-state index in [9.17, 15) is 0 Å². The number of carbonyl (C=O) groups is 1. The van der Waals surface area contributed by atoms with Gasteiger partial charge in [-0.25, -0.2) is 4.79 Å². The highest BCUT2D eigenvalue weighted by Crippen LogP contribution is 1.71. The summed E-state index contributed by atoms with van der Waals surface area (Å²) in [6, 6.07) is 1.94. The molecule has 0 saturated carbocycles. The van der Waals surface area contributed by atoms with Gasteiger partial charge in [0.05, 0.1) is 19.1 Å². The van der Waals surface area contributed by atoms with Gasteiger partial charge in [0.25, 0.3) is 0 Å². The number of ether oxygens (including phenoxy) is 1. The Morgan fingerprint density at radius 1 is 1.70 bits per heavy atom. The highest BCUT2D eigenvalue weighted by molar-refractivity contribution is 5.53. The fraction of sp³-hybridized carbons (Fsp3) is 0.600. The second-order valence-electron chi connectivity index (χ2n) is 1.18. The number of methoxy groups -OCH3 is 1. The molecule has 10 heavy (non-hydrogen) atoms. The van der Waals surface area contributed by atoms with Crippen molar-refractivity contribution in [1.29, 1.82) is 5.26 Å². The average Bonchev–Trinajstić information content (AvgIpc) is 1.82. The molecule has 0 spiro atoms. The first-order chi connectivity index (χ1) is 4.65. The van der Waals surface area contributed by atoms with E-state index >= 15 is 0 Å². The van der Waals surface area contributed by atoms with E-state index in [0.717, 1.165) is 0 Å². The molecule has 0 aromatic rings. The maximum atomic E-state index is 8.56. The molecule has 5 heteroatoms. The van der Waals surface area contributed by atoms with E-state index in [-0.39, 0.29) is 0 Å². The van der Waals surface area contributed by atoms with Gasteiger partial charge in [-0.15, -0.1) is 0 Å². The molecule has 0 unspecified atom stereocenters. The molecule has 0 saturated heterocycles. The second kappa shape index (κ2) is 10.7. The van der Waals surface area contributed by atoms with Crippen LogP contribution >= 0.6 is 0 Å². The van der Waals surface area contributed by atoms with E-state index in [0.29, 0.717) is 13.0 Å². The Morgan fingerprint density at radius 2 is 2.10 bits per heavy atom. The molecule has 0 amide bonds. The van der Waals surface area contributed by atoms with Crippen molar-refractivity contribution in [2.75, 3.05) is 13.7 Å². The number of carboxylic acid groups (broad SMARTS) is 2. The smallest absolute Gasteiger partial charge is 0.450 e. The first-order valence-corrected chi connectivity index (χ1v) is 2.43. The maximum Gasteiger partial charge on any atom is 0.503 e. The van der Waals surface area contributed by atoms with Crippen molar-refractivity contribution < 1.29 is 19.7 Å². The van der Waals surface area contributed by atoms with Gasteiger partial charge < -0.3 is 14.9 Å². The summed E-state index contributed by atoms with van der Waals surface area (Å²) in [4.78, 5) is 8.56. The minimum atomic E-state index is -1.83. The number of nitrogens with zero attached hydrogens (tertiary/aromatic N) is 1. The van der Waals surface area contributed by atoms with Crippen LogP contribution in [0.5, 0.6) is 0 Å². The van der Waals surface area contributed by atoms with Gasteiger partial charge in [-0.2, -0.15) is 5.26 Å². The van der Waals surface area contributed by atoms with Crippen LogP contribution in [0.4, 0.5) is 4.79 Å². The lowest BCUT2D eigenvalue weighted by atomic mass is 10.5. The van der Waals surface area contributed by atoms with Crippen LogP contribution in [-0.4, -0.2) is 30.1 Å². The molecule has 2 N–H and O–H groups in total. The van der Waals surface area contributed by atoms with Gasteiger partial charge in [-0.1, -0.05) is 0 Å². The Bertz CT molecular complexity index is 113. The van der Waals surface area contributed by atoms with Crippen LogP contribution in [0.15, 0.2) is 0 Å². The van der Waals surface area contributed by atoms with E-state index in [2.05, 4.69) is 4.74 Å². The molecule has 0 atom stereocenters. The molecule has 0 bridgehead atoms. The largest absolute Gasteiger partial charge is 0.503 e. The Morgan fingerprint density at radius 3 is 2.20 bits per heavy atom. The summed E-state index contributed by atoms with van der Waals surface area (Å²) in [6.45, 7) is 0.552. The molecule has 58 valence electrons. The summed E-state index contributed by atoms with van der Waals surface area (Å²) in [7, 11) is 1.58. The normalized spacial score (nSPS) is 6.80. The van der Waals surface area contributed by atoms with Crippen LogP contribution in [0.25, 0.3) is 0 Å². The molecule has 5 nitrogen and oxygen atoms in total. The zero-order valence-electron chi connectivity index (χ0n) is 5.57. The van der Waals surface area contributed by atoms with Crippen molar-refractivity contribution >= 4 is 6.16 Å². The molecule has 0 heterocycles. The standard InChI is InChI=1S/C4H7NO.CH2O3/c1-6-4-2-3-5;2-1(3)4/h2,4H2,1H3;(H2,2,3,4). The molecular weight excluding hydrogens is 138 g/mol. The molecule has 0 rings (SSSR count). The first-order valence-electron chi connectivity index (χ1n) is 2.43. The van der Waals surface area contributed by atoms with E-state index in [1.807, 2.05) is 6.07 Å². The minimum absolute atomic E-state index is 0.497. The van der Waals surface area contributed by atoms with Crippen LogP contribution in [-0.2, 0) is 4.74 Å². The predicted molar refractivity (Wildman–Crippen MR) is 32.8 cm³/mol. The van der Waals surface area contributed by atoms with Crippen LogP contribution in [0.3, 0.4) is 0 Å². The van der Waals surface area contributed by atoms with Crippen LogP contribution in [0.2, 0.25) is 0 Å². The lowest BCUT2D eigenvalue weighted by Gasteiger charge is -1.82. The third kappa shape index (κ3) is 74.3. The Balaban J connectivity index is 0. The number of hydrogen-bond donors (Lipinski definition) is 2. The van der Waals surface area contributed by atoms with Gasteiger partial charge in [-0.3, -0.25) is 0 Å². The maximum absolute atomic E-state index is 8.56. The fourth-order valence-electron chi connectivity index (χ4n) is 0.148. The van der Waals surface area contributed by atoms with Crippen LogP contribution in [0, 0.1) is 11.3 Å². The zero-order valence-corrected chi connectivity index (χ0v) is 5.57. The quantitative estimate of drug-likeness (QED) is 0.563. The van der Waals surface area contributed by atoms with Gasteiger partial charge in [0.15, 0.2) is 0 Å². The summed E-state index contributed by atoms with van der Waals surface area (Å²) in [5, 5.41) is 21.8. The van der Waals surface area contributed by atoms with E-state index < -0.39 is 6.16 Å². The number of nitriles is 1. The molecule has 0 radical (unpaired) electrons. The minimum Gasteiger partial charge on any atom is -0.450 e. The summed E-state index contributed by atoms with van der Waals surface area (Å²) in [5.74, 6) is 0. The monoisotopic (exact) mass is 147 g/mol. The fourth-order valence-corrected chi connectivity index (χ4v) is 0.148. The lowest BCUT2D eigenvalue weighted by molar-refractivity contribution is 0.137. The Kier molecular flexibility index (Phi) is 12.3. The average molecular weight is 147 g/mol. The van der Waals surface area contributed by atoms with Gasteiger partial charge in [0.1, 0.15) is 0 Å². The summed E-state index contributed by atoms with van der Waals surface area (Å²) in [5.41, 5.74) is 0. The molecule has 0 aliphatic heterocycles. The van der Waals surface area contributed by atoms with Crippen LogP contribution < -0.4 is 0 Å². The van der Waals surface area contributed by atoms with Gasteiger partial charge in [0.2, 0.25) is 0 Å². The van der Waals surface area contributed by atoms with Crippen molar-refractivity contribution in [1.82, 2.24) is 0 Å². The number of hydrogen-bond acceptors (Lipinski definition) is 3. The third-order valence-corrected chi connectivity index (χ3v) is 0.418. The van der Waals surface area contributed by atoms with E-state index in [1.54, 1.807) is 7.11 Å². The van der Waals surface area contributed by atoms with E-state index in [1.165, 1.54) is 0 Å². The van der Waals surface area contributed by atoms with Gasteiger partial charge >= 0.3 is 6.16 Å². The van der Waals surface area contributed by atoms with Crippen molar-refractivity contribution in [3.63, 3.8) is 0 Å². The second-order valence-corrected chi connectivity index (χ2v) is 1.18. The van der Waals surface area contributed by atoms with Gasteiger partial charge in [0, 0.05) is 7.11 Å².